The van der Waals surface area contributed by atoms with Crippen LogP contribution < -0.4 is 9.64 Å². The quantitative estimate of drug-likeness (QED) is 0.814. The van der Waals surface area contributed by atoms with Crippen LogP contribution in [-0.2, 0) is 0 Å². The smallest absolute Gasteiger partial charge is 0.142 e. The molecule has 1 saturated heterocycles. The Bertz CT molecular complexity index is 664. The van der Waals surface area contributed by atoms with Crippen molar-refractivity contribution in [2.24, 2.45) is 5.10 Å². The number of hydrazone groups is 1. The SMILES string of the molecule is COc1ccccc1N1CCN(/N=C(\C)c2ccncc2)CC1. The number of pyridine rings is 1. The molecule has 1 aromatic heterocycles. The lowest BCUT2D eigenvalue weighted by Crippen LogP contribution is -2.44. The van der Waals surface area contributed by atoms with Gasteiger partial charge in [-0.1, -0.05) is 12.1 Å². The molecule has 0 amide bonds. The number of methoxy groups -OCH3 is 1. The molecule has 0 radical (unpaired) electrons. The molecule has 0 saturated carbocycles. The zero-order valence-electron chi connectivity index (χ0n) is 13.6. The number of benzene rings is 1. The molecule has 0 aliphatic carbocycles. The van der Waals surface area contributed by atoms with Gasteiger partial charge in [0.25, 0.3) is 0 Å². The van der Waals surface area contributed by atoms with Crippen LogP contribution in [0.15, 0.2) is 53.9 Å². The Morgan fingerprint density at radius 1 is 1.04 bits per heavy atom. The summed E-state index contributed by atoms with van der Waals surface area (Å²) in [5.41, 5.74) is 3.30. The number of nitrogens with zero attached hydrogens (tertiary/aromatic N) is 4. The van der Waals surface area contributed by atoms with Gasteiger partial charge in [0, 0.05) is 31.0 Å². The summed E-state index contributed by atoms with van der Waals surface area (Å²) < 4.78 is 5.46. The normalized spacial score (nSPS) is 15.7. The minimum absolute atomic E-state index is 0.903. The number of aromatic nitrogens is 1. The molecular formula is C18H22N4O. The van der Waals surface area contributed by atoms with Crippen molar-refractivity contribution in [1.29, 1.82) is 0 Å². The zero-order valence-corrected chi connectivity index (χ0v) is 13.6. The maximum absolute atomic E-state index is 5.46. The highest BCUT2D eigenvalue weighted by atomic mass is 16.5. The van der Waals surface area contributed by atoms with Crippen molar-refractivity contribution < 1.29 is 4.74 Å². The summed E-state index contributed by atoms with van der Waals surface area (Å²) in [6, 6.07) is 12.2. The number of rotatable bonds is 4. The summed E-state index contributed by atoms with van der Waals surface area (Å²) >= 11 is 0. The summed E-state index contributed by atoms with van der Waals surface area (Å²) in [6.07, 6.45) is 3.60. The van der Waals surface area contributed by atoms with E-state index in [0.717, 1.165) is 48.9 Å². The van der Waals surface area contributed by atoms with Crippen molar-refractivity contribution >= 4 is 11.4 Å². The molecule has 1 fully saturated rings. The average Bonchev–Trinajstić information content (AvgIpc) is 2.63. The van der Waals surface area contributed by atoms with E-state index in [0.29, 0.717) is 0 Å². The minimum atomic E-state index is 0.903. The monoisotopic (exact) mass is 310 g/mol. The first kappa shape index (κ1) is 15.3. The van der Waals surface area contributed by atoms with E-state index in [1.54, 1.807) is 19.5 Å². The van der Waals surface area contributed by atoms with Gasteiger partial charge in [0.2, 0.25) is 0 Å². The summed E-state index contributed by atoms with van der Waals surface area (Å²) in [5.74, 6) is 0.928. The lowest BCUT2D eigenvalue weighted by Gasteiger charge is -2.35. The molecule has 23 heavy (non-hydrogen) atoms. The van der Waals surface area contributed by atoms with Crippen LogP contribution >= 0.6 is 0 Å². The van der Waals surface area contributed by atoms with Crippen LogP contribution in [0.2, 0.25) is 0 Å². The minimum Gasteiger partial charge on any atom is -0.495 e. The first-order chi connectivity index (χ1) is 11.3. The first-order valence-corrected chi connectivity index (χ1v) is 7.86. The van der Waals surface area contributed by atoms with E-state index < -0.39 is 0 Å². The maximum atomic E-state index is 5.46. The molecule has 0 bridgehead atoms. The van der Waals surface area contributed by atoms with E-state index >= 15 is 0 Å². The fourth-order valence-corrected chi connectivity index (χ4v) is 2.79. The third-order valence-electron chi connectivity index (χ3n) is 4.07. The Balaban J connectivity index is 1.65. The highest BCUT2D eigenvalue weighted by molar-refractivity contribution is 5.98. The molecule has 0 spiro atoms. The fourth-order valence-electron chi connectivity index (χ4n) is 2.79. The third kappa shape index (κ3) is 3.62. The third-order valence-corrected chi connectivity index (χ3v) is 4.07. The molecule has 1 aromatic carbocycles. The Kier molecular flexibility index (Phi) is 4.76. The summed E-state index contributed by atoms with van der Waals surface area (Å²) in [5, 5.41) is 6.88. The van der Waals surface area contributed by atoms with Gasteiger partial charge < -0.3 is 9.64 Å². The summed E-state index contributed by atoms with van der Waals surface area (Å²) in [7, 11) is 1.72. The molecule has 3 rings (SSSR count). The number of ether oxygens (including phenoxy) is 1. The number of hydrogen-bond acceptors (Lipinski definition) is 5. The van der Waals surface area contributed by atoms with Crippen LogP contribution in [0.1, 0.15) is 12.5 Å². The van der Waals surface area contributed by atoms with E-state index in [-0.39, 0.29) is 0 Å². The van der Waals surface area contributed by atoms with Crippen LogP contribution in [-0.4, -0.2) is 49.0 Å². The van der Waals surface area contributed by atoms with Crippen molar-refractivity contribution in [1.82, 2.24) is 9.99 Å². The van der Waals surface area contributed by atoms with Gasteiger partial charge in [-0.05, 0) is 31.2 Å². The van der Waals surface area contributed by atoms with E-state index in [1.165, 1.54) is 0 Å². The van der Waals surface area contributed by atoms with Crippen LogP contribution in [0.5, 0.6) is 5.75 Å². The molecule has 0 unspecified atom stereocenters. The van der Waals surface area contributed by atoms with Crippen molar-refractivity contribution in [2.75, 3.05) is 38.2 Å². The predicted octanol–water partition coefficient (Wildman–Crippen LogP) is 2.64. The molecule has 5 heteroatoms. The zero-order chi connectivity index (χ0) is 16.1. The molecule has 1 aliphatic rings. The van der Waals surface area contributed by atoms with Crippen molar-refractivity contribution in [3.63, 3.8) is 0 Å². The number of anilines is 1. The van der Waals surface area contributed by atoms with E-state index in [2.05, 4.69) is 27.0 Å². The van der Waals surface area contributed by atoms with Gasteiger partial charge in [-0.2, -0.15) is 5.10 Å². The van der Waals surface area contributed by atoms with Gasteiger partial charge >= 0.3 is 0 Å². The van der Waals surface area contributed by atoms with Crippen LogP contribution in [0.3, 0.4) is 0 Å². The molecule has 2 aromatic rings. The lowest BCUT2D eigenvalue weighted by atomic mass is 10.2. The predicted molar refractivity (Wildman–Crippen MR) is 93.2 cm³/mol. The maximum Gasteiger partial charge on any atom is 0.142 e. The average molecular weight is 310 g/mol. The standard InChI is InChI=1S/C18H22N4O/c1-15(16-7-9-19-10-8-16)20-22-13-11-21(12-14-22)17-5-3-4-6-18(17)23-2/h3-10H,11-14H2,1-2H3/b20-15+. The van der Waals surface area contributed by atoms with E-state index in [9.17, 15) is 0 Å². The fraction of sp³-hybridized carbons (Fsp3) is 0.333. The van der Waals surface area contributed by atoms with E-state index in [4.69, 9.17) is 9.84 Å². The van der Waals surface area contributed by atoms with Gasteiger partial charge in [-0.25, -0.2) is 0 Å². The van der Waals surface area contributed by atoms with E-state index in [1.807, 2.05) is 31.2 Å². The Hall–Kier alpha value is -2.56. The second-order valence-electron chi connectivity index (χ2n) is 5.53. The summed E-state index contributed by atoms with van der Waals surface area (Å²) in [4.78, 5) is 6.40. The second-order valence-corrected chi connectivity index (χ2v) is 5.53. The number of para-hydroxylation sites is 2. The number of hydrogen-bond donors (Lipinski definition) is 0. The molecule has 1 aliphatic heterocycles. The Morgan fingerprint density at radius 2 is 1.74 bits per heavy atom. The van der Waals surface area contributed by atoms with Crippen LogP contribution in [0, 0.1) is 0 Å². The van der Waals surface area contributed by atoms with Gasteiger partial charge in [0.15, 0.2) is 0 Å². The topological polar surface area (TPSA) is 41.0 Å². The molecule has 120 valence electrons. The Labute approximate surface area is 137 Å². The molecular weight excluding hydrogens is 288 g/mol. The first-order valence-electron chi connectivity index (χ1n) is 7.86. The van der Waals surface area contributed by atoms with Crippen LogP contribution in [0.4, 0.5) is 5.69 Å². The molecule has 2 heterocycles. The van der Waals surface area contributed by atoms with Crippen LogP contribution in [0.25, 0.3) is 0 Å². The molecule has 5 nitrogen and oxygen atoms in total. The number of piperazine rings is 1. The highest BCUT2D eigenvalue weighted by Crippen LogP contribution is 2.28. The lowest BCUT2D eigenvalue weighted by molar-refractivity contribution is 0.269. The largest absolute Gasteiger partial charge is 0.495 e. The molecule has 0 atom stereocenters. The van der Waals surface area contributed by atoms with Crippen molar-refractivity contribution in [3.05, 3.63) is 54.4 Å². The molecule has 0 N–H and O–H groups in total. The van der Waals surface area contributed by atoms with Gasteiger partial charge in [0.1, 0.15) is 5.75 Å². The van der Waals surface area contributed by atoms with Gasteiger partial charge in [0.05, 0.1) is 31.6 Å². The Morgan fingerprint density at radius 3 is 2.43 bits per heavy atom. The van der Waals surface area contributed by atoms with Crippen molar-refractivity contribution in [2.45, 2.75) is 6.92 Å². The highest BCUT2D eigenvalue weighted by Gasteiger charge is 2.18. The van der Waals surface area contributed by atoms with Crippen molar-refractivity contribution in [3.8, 4) is 5.75 Å². The van der Waals surface area contributed by atoms with Gasteiger partial charge in [-0.3, -0.25) is 9.99 Å². The summed E-state index contributed by atoms with van der Waals surface area (Å²) in [6.45, 7) is 5.73. The van der Waals surface area contributed by atoms with Gasteiger partial charge in [-0.15, -0.1) is 0 Å². The second kappa shape index (κ2) is 7.13.